The van der Waals surface area contributed by atoms with Crippen molar-refractivity contribution in [1.29, 1.82) is 0 Å². The Balaban J connectivity index is 1.23. The van der Waals surface area contributed by atoms with Gasteiger partial charge in [-0.25, -0.2) is 9.78 Å². The topological polar surface area (TPSA) is 67.6 Å². The van der Waals surface area contributed by atoms with E-state index in [1.165, 1.54) is 11.1 Å². The molecule has 1 amide bonds. The number of piperidine rings is 1. The lowest BCUT2D eigenvalue weighted by molar-refractivity contribution is -0.168. The molecule has 1 unspecified atom stereocenters. The van der Waals surface area contributed by atoms with E-state index in [1.807, 2.05) is 38.2 Å². The maximum absolute atomic E-state index is 12.8. The number of aliphatic hydroxyl groups excluding tert-OH is 1. The zero-order valence-electron chi connectivity index (χ0n) is 18.5. The third-order valence-corrected chi connectivity index (χ3v) is 8.11. The van der Waals surface area contributed by atoms with Gasteiger partial charge in [-0.1, -0.05) is 24.3 Å². The molecule has 3 fully saturated rings. The minimum absolute atomic E-state index is 0.0761. The Kier molecular flexibility index (Phi) is 3.96. The number of benzene rings is 1. The zero-order chi connectivity index (χ0) is 21.5. The van der Waals surface area contributed by atoms with Gasteiger partial charge in [0.05, 0.1) is 30.4 Å². The molecule has 2 bridgehead atoms. The Morgan fingerprint density at radius 2 is 1.87 bits per heavy atom. The van der Waals surface area contributed by atoms with Crippen LogP contribution >= 0.6 is 0 Å². The van der Waals surface area contributed by atoms with Crippen molar-refractivity contribution < 1.29 is 14.6 Å². The monoisotopic (exact) mass is 421 g/mol. The quantitative estimate of drug-likeness (QED) is 0.742. The maximum atomic E-state index is 12.8. The first-order valence-electron chi connectivity index (χ1n) is 11.6. The largest absolute Gasteiger partial charge is 0.444 e. The van der Waals surface area contributed by atoms with Crippen molar-refractivity contribution in [2.45, 2.75) is 82.7 Å². The van der Waals surface area contributed by atoms with Crippen LogP contribution in [0.4, 0.5) is 4.79 Å². The lowest BCUT2D eigenvalue weighted by Crippen LogP contribution is -2.62. The molecule has 1 aliphatic carbocycles. The first kappa shape index (κ1) is 19.4. The Hall–Kier alpha value is -2.34. The van der Waals surface area contributed by atoms with E-state index in [0.717, 1.165) is 37.8 Å². The number of aromatic nitrogens is 2. The van der Waals surface area contributed by atoms with Crippen molar-refractivity contribution in [1.82, 2.24) is 14.5 Å². The van der Waals surface area contributed by atoms with Crippen LogP contribution in [0.15, 0.2) is 36.8 Å². The van der Waals surface area contributed by atoms with Gasteiger partial charge in [-0.3, -0.25) is 0 Å². The van der Waals surface area contributed by atoms with E-state index in [4.69, 9.17) is 4.74 Å². The number of rotatable bonds is 1. The maximum Gasteiger partial charge on any atom is 0.410 e. The van der Waals surface area contributed by atoms with Crippen LogP contribution in [-0.2, 0) is 4.74 Å². The Labute approximate surface area is 183 Å². The summed E-state index contributed by atoms with van der Waals surface area (Å²) in [5.41, 5.74) is 3.12. The minimum Gasteiger partial charge on any atom is -0.444 e. The molecule has 6 rings (SSSR count). The molecular formula is C25H31N3O3. The van der Waals surface area contributed by atoms with E-state index < -0.39 is 5.60 Å². The van der Waals surface area contributed by atoms with Crippen molar-refractivity contribution in [3.05, 3.63) is 42.4 Å². The van der Waals surface area contributed by atoms with Crippen LogP contribution in [0.2, 0.25) is 0 Å². The molecular weight excluding hydrogens is 390 g/mol. The molecule has 1 saturated carbocycles. The molecule has 1 aromatic heterocycles. The van der Waals surface area contributed by atoms with E-state index >= 15 is 0 Å². The highest BCUT2D eigenvalue weighted by molar-refractivity contribution is 5.70. The average molecular weight is 422 g/mol. The molecule has 164 valence electrons. The molecule has 6 heteroatoms. The van der Waals surface area contributed by atoms with Crippen LogP contribution in [-0.4, -0.2) is 49.4 Å². The SMILES string of the molecule is CC(C)(C)OC(=O)N1[C@@H]2CC[C@H]1CC1(C[C@@H]([C@H]3c4ccccc4-c4cncn43)[C@@H]1O)C2. The van der Waals surface area contributed by atoms with E-state index in [2.05, 4.69) is 33.8 Å². The van der Waals surface area contributed by atoms with Crippen LogP contribution < -0.4 is 0 Å². The van der Waals surface area contributed by atoms with E-state index in [9.17, 15) is 9.90 Å². The number of imidazole rings is 1. The second-order valence-corrected chi connectivity index (χ2v) is 11.1. The fourth-order valence-corrected chi connectivity index (χ4v) is 6.99. The van der Waals surface area contributed by atoms with Gasteiger partial charge in [0.2, 0.25) is 0 Å². The fraction of sp³-hybridized carbons (Fsp3) is 0.600. The first-order valence-corrected chi connectivity index (χ1v) is 11.6. The fourth-order valence-electron chi connectivity index (χ4n) is 6.99. The van der Waals surface area contributed by atoms with E-state index in [0.29, 0.717) is 0 Å². The molecule has 6 nitrogen and oxygen atoms in total. The molecule has 1 aromatic carbocycles. The Morgan fingerprint density at radius 1 is 1.16 bits per heavy atom. The molecule has 2 aromatic rings. The van der Waals surface area contributed by atoms with Gasteiger partial charge in [0.15, 0.2) is 0 Å². The number of carbonyl (C=O) groups excluding carboxylic acids is 1. The van der Waals surface area contributed by atoms with Crippen molar-refractivity contribution in [2.24, 2.45) is 11.3 Å². The lowest BCUT2D eigenvalue weighted by atomic mass is 9.51. The predicted octanol–water partition coefficient (Wildman–Crippen LogP) is 4.38. The molecule has 31 heavy (non-hydrogen) atoms. The van der Waals surface area contributed by atoms with Crippen molar-refractivity contribution in [2.75, 3.05) is 0 Å². The van der Waals surface area contributed by atoms with Gasteiger partial charge in [-0.15, -0.1) is 0 Å². The number of fused-ring (bicyclic) bond motifs is 5. The van der Waals surface area contributed by atoms with Crippen LogP contribution in [0.5, 0.6) is 0 Å². The van der Waals surface area contributed by atoms with E-state index in [-0.39, 0.29) is 41.7 Å². The third-order valence-electron chi connectivity index (χ3n) is 8.11. The normalized spacial score (nSPS) is 35.6. The first-order chi connectivity index (χ1) is 14.8. The average Bonchev–Trinajstić information content (AvgIpc) is 3.37. The summed E-state index contributed by atoms with van der Waals surface area (Å²) in [7, 11) is 0. The molecule has 4 aliphatic rings. The van der Waals surface area contributed by atoms with Gasteiger partial charge in [0.25, 0.3) is 0 Å². The number of hydrogen-bond acceptors (Lipinski definition) is 4. The van der Waals surface area contributed by atoms with Crippen molar-refractivity contribution in [3.8, 4) is 11.3 Å². The molecule has 4 heterocycles. The number of amides is 1. The molecule has 1 spiro atoms. The van der Waals surface area contributed by atoms with Gasteiger partial charge in [0.1, 0.15) is 5.60 Å². The number of aliphatic hydroxyl groups is 1. The molecule has 2 saturated heterocycles. The summed E-state index contributed by atoms with van der Waals surface area (Å²) in [6.45, 7) is 5.76. The highest BCUT2D eigenvalue weighted by atomic mass is 16.6. The van der Waals surface area contributed by atoms with Crippen molar-refractivity contribution >= 4 is 6.09 Å². The smallest absolute Gasteiger partial charge is 0.410 e. The number of nitrogens with zero attached hydrogens (tertiary/aromatic N) is 3. The standard InChI is InChI=1S/C25H31N3O3/c1-24(2,3)31-23(30)28-15-8-9-16(28)11-25(10-15)12-19(22(25)29)21-18-7-5-4-6-17(18)20-13-26-14-27(20)21/h4-7,13-16,19,21-22,29H,8-12H2,1-3H3/t15-,16+,19-,21+,22-,25?/m0/s1. The van der Waals surface area contributed by atoms with Gasteiger partial charge in [0, 0.05) is 29.0 Å². The predicted molar refractivity (Wildman–Crippen MR) is 116 cm³/mol. The lowest BCUT2D eigenvalue weighted by Gasteiger charge is -2.59. The minimum atomic E-state index is -0.481. The number of hydrogen-bond donors (Lipinski definition) is 1. The van der Waals surface area contributed by atoms with E-state index in [1.54, 1.807) is 0 Å². The van der Waals surface area contributed by atoms with Crippen molar-refractivity contribution in [3.63, 3.8) is 0 Å². The zero-order valence-corrected chi connectivity index (χ0v) is 18.5. The summed E-state index contributed by atoms with van der Waals surface area (Å²) in [6.07, 6.45) is 8.08. The highest BCUT2D eigenvalue weighted by Crippen LogP contribution is 2.63. The van der Waals surface area contributed by atoms with Crippen LogP contribution in [0.1, 0.15) is 64.5 Å². The summed E-state index contributed by atoms with van der Waals surface area (Å²) >= 11 is 0. The second-order valence-electron chi connectivity index (χ2n) is 11.1. The van der Waals surface area contributed by atoms with Crippen LogP contribution in [0.3, 0.4) is 0 Å². The number of ether oxygens (including phenoxy) is 1. The molecule has 0 radical (unpaired) electrons. The van der Waals surface area contributed by atoms with Gasteiger partial charge >= 0.3 is 6.09 Å². The number of carbonyl (C=O) groups is 1. The Bertz CT molecular complexity index is 1020. The third kappa shape index (κ3) is 2.73. The molecule has 3 aliphatic heterocycles. The highest BCUT2D eigenvalue weighted by Gasteiger charge is 2.63. The summed E-state index contributed by atoms with van der Waals surface area (Å²) in [6, 6.07) is 9.03. The molecule has 1 N–H and O–H groups in total. The summed E-state index contributed by atoms with van der Waals surface area (Å²) in [4.78, 5) is 19.2. The van der Waals surface area contributed by atoms with Gasteiger partial charge in [-0.05, 0) is 58.4 Å². The van der Waals surface area contributed by atoms with Crippen LogP contribution in [0, 0.1) is 11.3 Å². The Morgan fingerprint density at radius 3 is 2.55 bits per heavy atom. The van der Waals surface area contributed by atoms with Gasteiger partial charge in [-0.2, -0.15) is 0 Å². The van der Waals surface area contributed by atoms with Gasteiger partial charge < -0.3 is 19.3 Å². The molecule has 6 atom stereocenters. The van der Waals surface area contributed by atoms with Crippen LogP contribution in [0.25, 0.3) is 11.3 Å². The summed E-state index contributed by atoms with van der Waals surface area (Å²) in [5.74, 6) is 0.184. The summed E-state index contributed by atoms with van der Waals surface area (Å²) < 4.78 is 7.94. The second kappa shape index (κ2) is 6.35. The summed E-state index contributed by atoms with van der Waals surface area (Å²) in [5, 5.41) is 11.5.